The van der Waals surface area contributed by atoms with E-state index in [9.17, 15) is 9.59 Å². The Morgan fingerprint density at radius 1 is 1.27 bits per heavy atom. The van der Waals surface area contributed by atoms with Crippen LogP contribution >= 0.6 is 0 Å². The lowest BCUT2D eigenvalue weighted by Crippen LogP contribution is -2.16. The van der Waals surface area contributed by atoms with Gasteiger partial charge >= 0.3 is 0 Å². The lowest BCUT2D eigenvalue weighted by molar-refractivity contribution is 0.0996. The fourth-order valence-corrected chi connectivity index (χ4v) is 1.16. The van der Waals surface area contributed by atoms with Crippen LogP contribution in [-0.2, 0) is 0 Å². The molecule has 0 aromatic heterocycles. The van der Waals surface area contributed by atoms with Crippen LogP contribution in [0.4, 0.5) is 0 Å². The summed E-state index contributed by atoms with van der Waals surface area (Å²) in [6.07, 6.45) is 0. The van der Waals surface area contributed by atoms with Crippen LogP contribution in [0, 0.1) is 0 Å². The highest BCUT2D eigenvalue weighted by molar-refractivity contribution is 6.00. The first-order chi connectivity index (χ1) is 7.06. The Morgan fingerprint density at radius 2 is 1.93 bits per heavy atom. The summed E-state index contributed by atoms with van der Waals surface area (Å²) in [4.78, 5) is 21.9. The third-order valence-corrected chi connectivity index (χ3v) is 1.83. The number of nitrogens with two attached hydrogens (primary N) is 2. The number of amides is 2. The molecule has 0 aliphatic rings. The lowest BCUT2D eigenvalue weighted by Gasteiger charge is -2.08. The topological polar surface area (TPSA) is 95.4 Å². The summed E-state index contributed by atoms with van der Waals surface area (Å²) in [7, 11) is 0. The van der Waals surface area contributed by atoms with Crippen LogP contribution in [0.1, 0.15) is 27.6 Å². The molecular weight excluding hydrogens is 196 g/mol. The average Bonchev–Trinajstić information content (AvgIpc) is 2.18. The second-order valence-electron chi connectivity index (χ2n) is 2.87. The van der Waals surface area contributed by atoms with E-state index in [4.69, 9.17) is 16.2 Å². The molecule has 1 aromatic carbocycles. The SMILES string of the molecule is CCOc1ccc(C(N)=O)cc1C(N)=O. The Hall–Kier alpha value is -2.04. The third-order valence-electron chi connectivity index (χ3n) is 1.83. The maximum Gasteiger partial charge on any atom is 0.252 e. The number of benzene rings is 1. The van der Waals surface area contributed by atoms with Gasteiger partial charge in [-0.15, -0.1) is 0 Å². The number of ether oxygens (including phenoxy) is 1. The standard InChI is InChI=1S/C10H12N2O3/c1-2-15-8-4-3-6(9(11)13)5-7(8)10(12)14/h3-5H,2H2,1H3,(H2,11,13)(H2,12,14). The summed E-state index contributed by atoms with van der Waals surface area (Å²) in [5.74, 6) is -0.905. The molecule has 1 aromatic rings. The Balaban J connectivity index is 3.20. The predicted molar refractivity (Wildman–Crippen MR) is 54.6 cm³/mol. The van der Waals surface area contributed by atoms with Crippen molar-refractivity contribution < 1.29 is 14.3 Å². The van der Waals surface area contributed by atoms with Gasteiger partial charge in [-0.05, 0) is 25.1 Å². The van der Waals surface area contributed by atoms with Gasteiger partial charge in [0.15, 0.2) is 0 Å². The lowest BCUT2D eigenvalue weighted by atomic mass is 10.1. The second-order valence-corrected chi connectivity index (χ2v) is 2.87. The first-order valence-electron chi connectivity index (χ1n) is 4.42. The first kappa shape index (κ1) is 11.0. The Labute approximate surface area is 87.0 Å². The van der Waals surface area contributed by atoms with E-state index in [-0.39, 0.29) is 11.1 Å². The van der Waals surface area contributed by atoms with Crippen molar-refractivity contribution >= 4 is 11.8 Å². The van der Waals surface area contributed by atoms with Gasteiger partial charge in [-0.1, -0.05) is 0 Å². The molecular formula is C10H12N2O3. The largest absolute Gasteiger partial charge is 0.493 e. The number of rotatable bonds is 4. The molecule has 15 heavy (non-hydrogen) atoms. The van der Waals surface area contributed by atoms with Gasteiger partial charge in [0, 0.05) is 5.56 Å². The van der Waals surface area contributed by atoms with E-state index in [0.717, 1.165) is 0 Å². The van der Waals surface area contributed by atoms with Gasteiger partial charge in [-0.3, -0.25) is 9.59 Å². The summed E-state index contributed by atoms with van der Waals surface area (Å²) in [6, 6.07) is 4.32. The molecule has 0 radical (unpaired) electrons. The van der Waals surface area contributed by atoms with Crippen LogP contribution in [0.2, 0.25) is 0 Å². The van der Waals surface area contributed by atoms with Gasteiger partial charge in [-0.2, -0.15) is 0 Å². The fraction of sp³-hybridized carbons (Fsp3) is 0.200. The van der Waals surface area contributed by atoms with E-state index in [0.29, 0.717) is 12.4 Å². The molecule has 0 spiro atoms. The minimum Gasteiger partial charge on any atom is -0.493 e. The molecule has 0 saturated heterocycles. The van der Waals surface area contributed by atoms with Gasteiger partial charge in [0.25, 0.3) is 5.91 Å². The molecule has 4 N–H and O–H groups in total. The molecule has 0 heterocycles. The van der Waals surface area contributed by atoms with Gasteiger partial charge in [-0.25, -0.2) is 0 Å². The Bertz CT molecular complexity index is 402. The van der Waals surface area contributed by atoms with Crippen molar-refractivity contribution in [3.8, 4) is 5.75 Å². The normalized spacial score (nSPS) is 9.67. The molecule has 5 nitrogen and oxygen atoms in total. The van der Waals surface area contributed by atoms with Gasteiger partial charge in [0.2, 0.25) is 5.91 Å². The van der Waals surface area contributed by atoms with Crippen molar-refractivity contribution in [2.45, 2.75) is 6.92 Å². The zero-order valence-electron chi connectivity index (χ0n) is 8.32. The van der Waals surface area contributed by atoms with E-state index in [2.05, 4.69) is 0 Å². The van der Waals surface area contributed by atoms with Crippen LogP contribution in [0.25, 0.3) is 0 Å². The first-order valence-corrected chi connectivity index (χ1v) is 4.42. The van der Waals surface area contributed by atoms with Crippen LogP contribution in [0.3, 0.4) is 0 Å². The zero-order chi connectivity index (χ0) is 11.4. The molecule has 1 rings (SSSR count). The minimum absolute atomic E-state index is 0.160. The summed E-state index contributed by atoms with van der Waals surface area (Å²) in [5.41, 5.74) is 10.6. The fourth-order valence-electron chi connectivity index (χ4n) is 1.16. The molecule has 0 saturated carbocycles. The number of hydrogen-bond donors (Lipinski definition) is 2. The highest BCUT2D eigenvalue weighted by Gasteiger charge is 2.12. The number of carbonyl (C=O) groups excluding carboxylic acids is 2. The predicted octanol–water partition coefficient (Wildman–Crippen LogP) is 0.283. The van der Waals surface area contributed by atoms with Crippen LogP contribution in [-0.4, -0.2) is 18.4 Å². The Kier molecular flexibility index (Phi) is 3.28. The molecule has 0 atom stereocenters. The van der Waals surface area contributed by atoms with Crippen LogP contribution in [0.5, 0.6) is 5.75 Å². The number of primary amides is 2. The highest BCUT2D eigenvalue weighted by Crippen LogP contribution is 2.19. The van der Waals surface area contributed by atoms with Gasteiger partial charge < -0.3 is 16.2 Å². The number of carbonyl (C=O) groups is 2. The van der Waals surface area contributed by atoms with E-state index in [1.807, 2.05) is 0 Å². The maximum atomic E-state index is 11.1. The van der Waals surface area contributed by atoms with E-state index >= 15 is 0 Å². The highest BCUT2D eigenvalue weighted by atomic mass is 16.5. The van der Waals surface area contributed by atoms with E-state index < -0.39 is 11.8 Å². The molecule has 0 unspecified atom stereocenters. The van der Waals surface area contributed by atoms with Gasteiger partial charge in [0.05, 0.1) is 12.2 Å². The molecule has 2 amide bonds. The van der Waals surface area contributed by atoms with Crippen molar-refractivity contribution in [2.24, 2.45) is 11.5 Å². The summed E-state index contributed by atoms with van der Waals surface area (Å²) in [6.45, 7) is 2.20. The third kappa shape index (κ3) is 2.46. The number of hydrogen-bond acceptors (Lipinski definition) is 3. The quantitative estimate of drug-likeness (QED) is 0.744. The summed E-state index contributed by atoms with van der Waals surface area (Å²) < 4.78 is 5.18. The van der Waals surface area contributed by atoms with Crippen molar-refractivity contribution in [3.05, 3.63) is 29.3 Å². The molecule has 0 bridgehead atoms. The van der Waals surface area contributed by atoms with E-state index in [1.54, 1.807) is 6.92 Å². The van der Waals surface area contributed by atoms with Crippen molar-refractivity contribution in [1.29, 1.82) is 0 Å². The second kappa shape index (κ2) is 4.45. The molecule has 80 valence electrons. The van der Waals surface area contributed by atoms with Gasteiger partial charge in [0.1, 0.15) is 5.75 Å². The monoisotopic (exact) mass is 208 g/mol. The van der Waals surface area contributed by atoms with Crippen molar-refractivity contribution in [3.63, 3.8) is 0 Å². The van der Waals surface area contributed by atoms with Crippen LogP contribution in [0.15, 0.2) is 18.2 Å². The molecule has 0 aliphatic carbocycles. The molecule has 0 aliphatic heterocycles. The summed E-state index contributed by atoms with van der Waals surface area (Å²) >= 11 is 0. The molecule has 5 heteroatoms. The van der Waals surface area contributed by atoms with Crippen molar-refractivity contribution in [2.75, 3.05) is 6.61 Å². The van der Waals surface area contributed by atoms with E-state index in [1.165, 1.54) is 18.2 Å². The van der Waals surface area contributed by atoms with Crippen LogP contribution < -0.4 is 16.2 Å². The Morgan fingerprint density at radius 3 is 2.40 bits per heavy atom. The minimum atomic E-state index is -0.651. The summed E-state index contributed by atoms with van der Waals surface area (Å²) in [5, 5.41) is 0. The average molecular weight is 208 g/mol. The maximum absolute atomic E-state index is 11.1. The molecule has 0 fully saturated rings. The zero-order valence-corrected chi connectivity index (χ0v) is 8.32. The van der Waals surface area contributed by atoms with Crippen molar-refractivity contribution in [1.82, 2.24) is 0 Å². The smallest absolute Gasteiger partial charge is 0.252 e.